The molecule has 3 N–H and O–H groups in total. The van der Waals surface area contributed by atoms with Crippen LogP contribution in [0.2, 0.25) is 0 Å². The summed E-state index contributed by atoms with van der Waals surface area (Å²) in [7, 11) is 1.62. The molecular weight excluding hydrogens is 340 g/mol. The number of hydrogen-bond acceptors (Lipinski definition) is 4. The maximum atomic E-state index is 12.2. The third-order valence-electron chi connectivity index (χ3n) is 5.03. The van der Waals surface area contributed by atoms with Gasteiger partial charge in [-0.3, -0.25) is 4.79 Å². The first-order chi connectivity index (χ1) is 13.2. The predicted octanol–water partition coefficient (Wildman–Crippen LogP) is 1.47. The van der Waals surface area contributed by atoms with Gasteiger partial charge in [-0.2, -0.15) is 0 Å². The van der Waals surface area contributed by atoms with Gasteiger partial charge in [0, 0.05) is 11.4 Å². The average molecular weight is 369 g/mol. The number of carbonyl (C=O) groups is 1. The minimum atomic E-state index is -0.0891. The number of amides is 1. The summed E-state index contributed by atoms with van der Waals surface area (Å²) in [5.74, 6) is 0.633. The number of nitrogens with one attached hydrogen (secondary N) is 3. The second-order valence-corrected chi connectivity index (χ2v) is 6.74. The van der Waals surface area contributed by atoms with Gasteiger partial charge in [0.1, 0.15) is 5.75 Å². The summed E-state index contributed by atoms with van der Waals surface area (Å²) in [5.41, 5.74) is 2.83. The number of rotatable bonds is 7. The zero-order valence-corrected chi connectivity index (χ0v) is 16.1. The molecule has 2 aromatic rings. The van der Waals surface area contributed by atoms with Crippen molar-refractivity contribution < 1.29 is 14.4 Å². The average Bonchev–Trinajstić information content (AvgIpc) is 2.73. The lowest BCUT2D eigenvalue weighted by Crippen LogP contribution is -3.14. The van der Waals surface area contributed by atoms with Crippen molar-refractivity contribution >= 4 is 23.0 Å². The van der Waals surface area contributed by atoms with E-state index in [2.05, 4.69) is 34.6 Å². The van der Waals surface area contributed by atoms with E-state index in [-0.39, 0.29) is 12.5 Å². The molecule has 3 rings (SSSR count). The lowest BCUT2D eigenvalue weighted by atomic mass is 10.2. The number of carbonyl (C=O) groups excluding carboxylic acids is 1. The van der Waals surface area contributed by atoms with Gasteiger partial charge in [-0.25, -0.2) is 0 Å². The van der Waals surface area contributed by atoms with Crippen molar-refractivity contribution in [2.45, 2.75) is 6.92 Å². The first-order valence-corrected chi connectivity index (χ1v) is 9.55. The highest BCUT2D eigenvalue weighted by Crippen LogP contribution is 2.23. The molecule has 6 heteroatoms. The number of ether oxygens (including phenoxy) is 1. The molecule has 1 saturated heterocycles. The summed E-state index contributed by atoms with van der Waals surface area (Å²) in [6.07, 6.45) is 0. The molecule has 0 bridgehead atoms. The fraction of sp³-hybridized carbons (Fsp3) is 0.381. The van der Waals surface area contributed by atoms with Crippen LogP contribution in [0.15, 0.2) is 48.5 Å². The first kappa shape index (κ1) is 19.0. The van der Waals surface area contributed by atoms with Gasteiger partial charge in [0.05, 0.1) is 52.1 Å². The number of methoxy groups -OCH3 is 1. The van der Waals surface area contributed by atoms with E-state index in [9.17, 15) is 4.79 Å². The highest BCUT2D eigenvalue weighted by molar-refractivity contribution is 5.94. The Morgan fingerprint density at radius 2 is 1.81 bits per heavy atom. The Hall–Kier alpha value is -2.73. The summed E-state index contributed by atoms with van der Waals surface area (Å²) in [6.45, 7) is 8.15. The standard InChI is InChI=1S/C21H28N4O2/c1-3-24-12-14-25(15-13-24)18-10-8-17(9-11-18)23-21(26)16-22-19-6-4-5-7-20(19)27-2/h4-11,22H,3,12-16H2,1-2H3,(H,23,26)/p+1. The predicted molar refractivity (Wildman–Crippen MR) is 110 cm³/mol. The molecule has 0 unspecified atom stereocenters. The smallest absolute Gasteiger partial charge is 0.243 e. The molecule has 0 atom stereocenters. The Morgan fingerprint density at radius 3 is 2.48 bits per heavy atom. The minimum Gasteiger partial charge on any atom is -0.495 e. The van der Waals surface area contributed by atoms with Gasteiger partial charge in [-0.1, -0.05) is 12.1 Å². The van der Waals surface area contributed by atoms with Crippen molar-refractivity contribution in [2.24, 2.45) is 0 Å². The van der Waals surface area contributed by atoms with Crippen LogP contribution < -0.4 is 25.2 Å². The molecule has 0 saturated carbocycles. The molecule has 1 amide bonds. The van der Waals surface area contributed by atoms with E-state index in [0.29, 0.717) is 0 Å². The zero-order chi connectivity index (χ0) is 19.1. The number of para-hydroxylation sites is 2. The van der Waals surface area contributed by atoms with Crippen molar-refractivity contribution in [1.82, 2.24) is 0 Å². The van der Waals surface area contributed by atoms with Crippen molar-refractivity contribution in [3.05, 3.63) is 48.5 Å². The van der Waals surface area contributed by atoms with Crippen LogP contribution in [0.4, 0.5) is 17.1 Å². The molecule has 0 spiro atoms. The lowest BCUT2D eigenvalue weighted by molar-refractivity contribution is -0.898. The van der Waals surface area contributed by atoms with Gasteiger partial charge >= 0.3 is 0 Å². The van der Waals surface area contributed by atoms with Crippen LogP contribution in [0.5, 0.6) is 5.75 Å². The third-order valence-corrected chi connectivity index (χ3v) is 5.03. The van der Waals surface area contributed by atoms with Gasteiger partial charge in [-0.15, -0.1) is 0 Å². The Labute approximate surface area is 161 Å². The van der Waals surface area contributed by atoms with Crippen molar-refractivity contribution in [3.8, 4) is 5.75 Å². The number of benzene rings is 2. The number of anilines is 3. The second kappa shape index (κ2) is 9.28. The molecule has 0 radical (unpaired) electrons. The molecule has 0 aliphatic carbocycles. The maximum Gasteiger partial charge on any atom is 0.243 e. The van der Waals surface area contributed by atoms with Crippen LogP contribution in [0.25, 0.3) is 0 Å². The Balaban J connectivity index is 1.50. The second-order valence-electron chi connectivity index (χ2n) is 6.74. The van der Waals surface area contributed by atoms with E-state index in [1.807, 2.05) is 36.4 Å². The summed E-state index contributed by atoms with van der Waals surface area (Å²) >= 11 is 0. The highest BCUT2D eigenvalue weighted by Gasteiger charge is 2.18. The minimum absolute atomic E-state index is 0.0891. The van der Waals surface area contributed by atoms with Crippen LogP contribution in [0.1, 0.15) is 6.92 Å². The summed E-state index contributed by atoms with van der Waals surface area (Å²) < 4.78 is 5.28. The maximum absolute atomic E-state index is 12.2. The Bertz CT molecular complexity index is 740. The van der Waals surface area contributed by atoms with E-state index in [1.165, 1.54) is 25.3 Å². The van der Waals surface area contributed by atoms with E-state index < -0.39 is 0 Å². The van der Waals surface area contributed by atoms with Gasteiger partial charge < -0.3 is 25.2 Å². The van der Waals surface area contributed by atoms with Crippen molar-refractivity contribution in [2.75, 3.05) is 61.9 Å². The van der Waals surface area contributed by atoms with Gasteiger partial charge in [0.2, 0.25) is 5.91 Å². The number of piperazine rings is 1. The normalized spacial score (nSPS) is 14.7. The summed E-state index contributed by atoms with van der Waals surface area (Å²) in [4.78, 5) is 16.3. The fourth-order valence-electron chi connectivity index (χ4n) is 3.36. The van der Waals surface area contributed by atoms with Crippen molar-refractivity contribution in [3.63, 3.8) is 0 Å². The molecule has 27 heavy (non-hydrogen) atoms. The van der Waals surface area contributed by atoms with Gasteiger partial charge in [0.25, 0.3) is 0 Å². The van der Waals surface area contributed by atoms with Crippen LogP contribution in [-0.4, -0.2) is 52.3 Å². The molecule has 1 aliphatic rings. The van der Waals surface area contributed by atoms with Crippen LogP contribution in [0.3, 0.4) is 0 Å². The molecular formula is C21H29N4O2+. The van der Waals surface area contributed by atoms with E-state index >= 15 is 0 Å². The Morgan fingerprint density at radius 1 is 1.11 bits per heavy atom. The van der Waals surface area contributed by atoms with Gasteiger partial charge in [-0.05, 0) is 43.3 Å². The lowest BCUT2D eigenvalue weighted by Gasteiger charge is -2.33. The first-order valence-electron chi connectivity index (χ1n) is 9.55. The molecule has 144 valence electrons. The van der Waals surface area contributed by atoms with Crippen LogP contribution >= 0.6 is 0 Å². The SMILES string of the molecule is CC[NH+]1CCN(c2ccc(NC(=O)CNc3ccccc3OC)cc2)CC1. The largest absolute Gasteiger partial charge is 0.495 e. The molecule has 1 fully saturated rings. The van der Waals surface area contributed by atoms with Crippen LogP contribution in [-0.2, 0) is 4.79 Å². The van der Waals surface area contributed by atoms with Crippen LogP contribution in [0, 0.1) is 0 Å². The molecule has 6 nitrogen and oxygen atoms in total. The fourth-order valence-corrected chi connectivity index (χ4v) is 3.36. The number of hydrogen-bond donors (Lipinski definition) is 3. The third kappa shape index (κ3) is 5.14. The Kier molecular flexibility index (Phi) is 6.54. The molecule has 2 aromatic carbocycles. The quantitative estimate of drug-likeness (QED) is 0.692. The van der Waals surface area contributed by atoms with E-state index in [4.69, 9.17) is 4.74 Å². The van der Waals surface area contributed by atoms with E-state index in [0.717, 1.165) is 30.2 Å². The van der Waals surface area contributed by atoms with Crippen molar-refractivity contribution in [1.29, 1.82) is 0 Å². The zero-order valence-electron chi connectivity index (χ0n) is 16.1. The molecule has 0 aromatic heterocycles. The molecule has 1 aliphatic heterocycles. The number of quaternary nitrogens is 1. The highest BCUT2D eigenvalue weighted by atomic mass is 16.5. The topological polar surface area (TPSA) is 58.0 Å². The number of likely N-dealkylation sites (N-methyl/N-ethyl adjacent to an activating group) is 1. The van der Waals surface area contributed by atoms with Gasteiger partial charge in [0.15, 0.2) is 0 Å². The summed E-state index contributed by atoms with van der Waals surface area (Å²) in [5, 5.41) is 6.04. The summed E-state index contributed by atoms with van der Waals surface area (Å²) in [6, 6.07) is 15.7. The molecule has 1 heterocycles. The van der Waals surface area contributed by atoms with E-state index in [1.54, 1.807) is 12.0 Å². The number of nitrogens with zero attached hydrogens (tertiary/aromatic N) is 1. The monoisotopic (exact) mass is 369 g/mol.